The van der Waals surface area contributed by atoms with Crippen molar-refractivity contribution in [3.8, 4) is 22.6 Å². The highest BCUT2D eigenvalue weighted by Gasteiger charge is 2.12. The summed E-state index contributed by atoms with van der Waals surface area (Å²) < 4.78 is 27.7. The van der Waals surface area contributed by atoms with E-state index in [4.69, 9.17) is 0 Å². The average Bonchev–Trinajstić information content (AvgIpc) is 3.06. The summed E-state index contributed by atoms with van der Waals surface area (Å²) in [7, 11) is 0. The molecule has 2 nitrogen and oxygen atoms in total. The van der Waals surface area contributed by atoms with E-state index in [1.54, 1.807) is 36.5 Å². The molecule has 23 heavy (non-hydrogen) atoms. The monoisotopic (exact) mass is 306 g/mol. The summed E-state index contributed by atoms with van der Waals surface area (Å²) in [6, 6.07) is 17.0. The molecule has 0 atom stereocenters. The van der Waals surface area contributed by atoms with Crippen LogP contribution in [0, 0.1) is 11.6 Å². The van der Waals surface area contributed by atoms with Crippen LogP contribution in [0.15, 0.2) is 66.9 Å². The van der Waals surface area contributed by atoms with Crippen molar-refractivity contribution < 1.29 is 8.78 Å². The molecule has 112 valence electrons. The lowest BCUT2D eigenvalue weighted by Crippen LogP contribution is -1.89. The van der Waals surface area contributed by atoms with Gasteiger partial charge in [0.1, 0.15) is 17.5 Å². The Hall–Kier alpha value is -3.01. The van der Waals surface area contributed by atoms with Crippen LogP contribution in [0.3, 0.4) is 0 Å². The zero-order chi connectivity index (χ0) is 15.8. The van der Waals surface area contributed by atoms with Crippen LogP contribution in [-0.4, -0.2) is 9.97 Å². The van der Waals surface area contributed by atoms with Crippen molar-refractivity contribution >= 4 is 10.8 Å². The van der Waals surface area contributed by atoms with Crippen LogP contribution in [0.1, 0.15) is 0 Å². The van der Waals surface area contributed by atoms with Crippen molar-refractivity contribution in [2.24, 2.45) is 0 Å². The molecule has 1 heterocycles. The van der Waals surface area contributed by atoms with Gasteiger partial charge in [0.15, 0.2) is 0 Å². The number of aromatic amines is 1. The second kappa shape index (κ2) is 5.32. The third-order valence-electron chi connectivity index (χ3n) is 3.85. The molecule has 0 amide bonds. The number of halogens is 2. The molecule has 0 aliphatic heterocycles. The number of imidazole rings is 1. The van der Waals surface area contributed by atoms with Crippen molar-refractivity contribution in [1.82, 2.24) is 9.97 Å². The smallest absolute Gasteiger partial charge is 0.141 e. The molecule has 0 saturated carbocycles. The SMILES string of the molecule is Fc1ccc(-c2cnc(-c3ccc4ccccc4c3F)[nH]2)cc1. The maximum absolute atomic E-state index is 14.7. The number of nitrogens with one attached hydrogen (secondary N) is 1. The van der Waals surface area contributed by atoms with Crippen molar-refractivity contribution in [1.29, 1.82) is 0 Å². The van der Waals surface area contributed by atoms with Gasteiger partial charge in [0, 0.05) is 5.39 Å². The van der Waals surface area contributed by atoms with E-state index in [2.05, 4.69) is 9.97 Å². The predicted molar refractivity (Wildman–Crippen MR) is 86.9 cm³/mol. The van der Waals surface area contributed by atoms with Gasteiger partial charge in [0.2, 0.25) is 0 Å². The Bertz CT molecular complexity index is 988. The first-order valence-corrected chi connectivity index (χ1v) is 7.21. The second-order valence-electron chi connectivity index (χ2n) is 5.30. The first-order chi connectivity index (χ1) is 11.2. The maximum atomic E-state index is 14.7. The summed E-state index contributed by atoms with van der Waals surface area (Å²) in [5, 5.41) is 1.41. The van der Waals surface area contributed by atoms with Gasteiger partial charge in [-0.1, -0.05) is 30.3 Å². The maximum Gasteiger partial charge on any atom is 0.141 e. The average molecular weight is 306 g/mol. The van der Waals surface area contributed by atoms with Gasteiger partial charge in [-0.05, 0) is 41.3 Å². The van der Waals surface area contributed by atoms with Crippen LogP contribution in [0.5, 0.6) is 0 Å². The topological polar surface area (TPSA) is 28.7 Å². The number of fused-ring (bicyclic) bond motifs is 1. The molecule has 1 aromatic heterocycles. The van der Waals surface area contributed by atoms with E-state index in [1.807, 2.05) is 18.2 Å². The fourth-order valence-corrected chi connectivity index (χ4v) is 2.65. The molecular formula is C19H12F2N2. The van der Waals surface area contributed by atoms with E-state index >= 15 is 0 Å². The number of aromatic nitrogens is 2. The highest BCUT2D eigenvalue weighted by atomic mass is 19.1. The molecular weight excluding hydrogens is 294 g/mol. The largest absolute Gasteiger partial charge is 0.338 e. The van der Waals surface area contributed by atoms with Gasteiger partial charge >= 0.3 is 0 Å². The number of hydrogen-bond donors (Lipinski definition) is 1. The van der Waals surface area contributed by atoms with Crippen molar-refractivity contribution in [3.05, 3.63) is 78.5 Å². The van der Waals surface area contributed by atoms with E-state index < -0.39 is 0 Å². The Morgan fingerprint density at radius 2 is 1.61 bits per heavy atom. The number of rotatable bonds is 2. The van der Waals surface area contributed by atoms with Crippen LogP contribution >= 0.6 is 0 Å². The molecule has 1 N–H and O–H groups in total. The lowest BCUT2D eigenvalue weighted by molar-refractivity contribution is 0.628. The highest BCUT2D eigenvalue weighted by molar-refractivity contribution is 5.87. The lowest BCUT2D eigenvalue weighted by atomic mass is 10.1. The minimum absolute atomic E-state index is 0.297. The first-order valence-electron chi connectivity index (χ1n) is 7.21. The molecule has 4 rings (SSSR count). The number of hydrogen-bond acceptors (Lipinski definition) is 1. The van der Waals surface area contributed by atoms with Crippen molar-refractivity contribution in [2.75, 3.05) is 0 Å². The number of benzene rings is 3. The summed E-state index contributed by atoms with van der Waals surface area (Å²) in [5.41, 5.74) is 1.93. The fraction of sp³-hybridized carbons (Fsp3) is 0. The molecule has 0 fully saturated rings. The van der Waals surface area contributed by atoms with E-state index in [0.717, 1.165) is 10.9 Å². The summed E-state index contributed by atoms with van der Waals surface area (Å²) in [6.45, 7) is 0. The highest BCUT2D eigenvalue weighted by Crippen LogP contribution is 2.28. The predicted octanol–water partition coefficient (Wildman–Crippen LogP) is 5.18. The van der Waals surface area contributed by atoms with Crippen molar-refractivity contribution in [2.45, 2.75) is 0 Å². The van der Waals surface area contributed by atoms with Gasteiger partial charge in [-0.25, -0.2) is 13.8 Å². The van der Waals surface area contributed by atoms with E-state index in [-0.39, 0.29) is 11.6 Å². The van der Waals surface area contributed by atoms with Crippen LogP contribution in [0.4, 0.5) is 8.78 Å². The standard InChI is InChI=1S/C19H12F2N2/c20-14-8-5-13(6-9-14)17-11-22-19(23-17)16-10-7-12-3-1-2-4-15(12)18(16)21/h1-11H,(H,22,23). The lowest BCUT2D eigenvalue weighted by Gasteiger charge is -2.04. The van der Waals surface area contributed by atoms with Crippen LogP contribution < -0.4 is 0 Å². The molecule has 0 unspecified atom stereocenters. The summed E-state index contributed by atoms with van der Waals surface area (Å²) in [6.07, 6.45) is 1.62. The molecule has 4 heteroatoms. The van der Waals surface area contributed by atoms with Gasteiger partial charge in [0.05, 0.1) is 17.5 Å². The van der Waals surface area contributed by atoms with Crippen LogP contribution in [-0.2, 0) is 0 Å². The van der Waals surface area contributed by atoms with Gasteiger partial charge in [-0.15, -0.1) is 0 Å². The van der Waals surface area contributed by atoms with Gasteiger partial charge in [-0.3, -0.25) is 0 Å². The first kappa shape index (κ1) is 13.6. The Labute approximate surface area is 131 Å². The molecule has 0 aliphatic carbocycles. The van der Waals surface area contributed by atoms with Crippen LogP contribution in [0.25, 0.3) is 33.4 Å². The van der Waals surface area contributed by atoms with E-state index in [1.165, 1.54) is 12.1 Å². The number of H-pyrrole nitrogens is 1. The minimum atomic E-state index is -0.303. The molecule has 0 bridgehead atoms. The second-order valence-corrected chi connectivity index (χ2v) is 5.30. The molecule has 0 aliphatic rings. The molecule has 0 spiro atoms. The summed E-state index contributed by atoms with van der Waals surface area (Å²) >= 11 is 0. The van der Waals surface area contributed by atoms with Gasteiger partial charge in [0.25, 0.3) is 0 Å². The van der Waals surface area contributed by atoms with Gasteiger partial charge < -0.3 is 4.98 Å². The third-order valence-corrected chi connectivity index (χ3v) is 3.85. The van der Waals surface area contributed by atoms with Gasteiger partial charge in [-0.2, -0.15) is 0 Å². The normalized spacial score (nSPS) is 11.0. The Morgan fingerprint density at radius 3 is 2.43 bits per heavy atom. The zero-order valence-corrected chi connectivity index (χ0v) is 12.1. The Morgan fingerprint density at radius 1 is 0.826 bits per heavy atom. The zero-order valence-electron chi connectivity index (χ0n) is 12.1. The van der Waals surface area contributed by atoms with E-state index in [9.17, 15) is 8.78 Å². The number of nitrogens with zero attached hydrogens (tertiary/aromatic N) is 1. The minimum Gasteiger partial charge on any atom is -0.338 e. The fourth-order valence-electron chi connectivity index (χ4n) is 2.65. The molecule has 3 aromatic carbocycles. The Balaban J connectivity index is 1.80. The third kappa shape index (κ3) is 2.38. The molecule has 0 saturated heterocycles. The molecule has 4 aromatic rings. The summed E-state index contributed by atoms with van der Waals surface area (Å²) in [5.74, 6) is -0.148. The Kier molecular flexibility index (Phi) is 3.15. The van der Waals surface area contributed by atoms with Crippen molar-refractivity contribution in [3.63, 3.8) is 0 Å². The quantitative estimate of drug-likeness (QED) is 0.543. The van der Waals surface area contributed by atoms with E-state index in [0.29, 0.717) is 22.5 Å². The molecule has 0 radical (unpaired) electrons. The summed E-state index contributed by atoms with van der Waals surface area (Å²) in [4.78, 5) is 7.36. The van der Waals surface area contributed by atoms with Crippen LogP contribution in [0.2, 0.25) is 0 Å².